The molecule has 1 heterocycles. The molecule has 0 saturated heterocycles. The van der Waals surface area contributed by atoms with Crippen molar-refractivity contribution in [2.75, 3.05) is 7.05 Å². The highest BCUT2D eigenvalue weighted by atomic mass is 16.4. The Bertz CT molecular complexity index is 918. The van der Waals surface area contributed by atoms with E-state index >= 15 is 0 Å². The molecule has 2 amide bonds. The highest BCUT2D eigenvalue weighted by molar-refractivity contribution is 5.83. The zero-order chi connectivity index (χ0) is 21.7. The number of hydrogen-bond acceptors (Lipinski definition) is 4. The zero-order valence-corrected chi connectivity index (χ0v) is 16.7. The summed E-state index contributed by atoms with van der Waals surface area (Å²) in [6.07, 6.45) is 1.02. The van der Waals surface area contributed by atoms with Crippen LogP contribution < -0.4 is 5.43 Å². The standard InChI is InChI=1S/C22H25N3O5/c1-24(23-18(20(26)27)12-11-15-7-3-2-4-8-15)22(30)25-14-17-10-6-5-9-16(17)13-19(25)21(28)29/h2-10,18-19,23H,11-14H2,1H3,(H,26,27)(H,28,29)/t18?,19-/m0/s1. The van der Waals surface area contributed by atoms with Crippen LogP contribution in [-0.4, -0.2) is 57.2 Å². The Kier molecular flexibility index (Phi) is 6.68. The van der Waals surface area contributed by atoms with Crippen LogP contribution in [-0.2, 0) is 29.0 Å². The van der Waals surface area contributed by atoms with Crippen molar-refractivity contribution in [1.29, 1.82) is 0 Å². The maximum Gasteiger partial charge on any atom is 0.335 e. The molecule has 3 N–H and O–H groups in total. The topological polar surface area (TPSA) is 110 Å². The van der Waals surface area contributed by atoms with Gasteiger partial charge in [0, 0.05) is 20.0 Å². The molecule has 0 radical (unpaired) electrons. The average molecular weight is 411 g/mol. The van der Waals surface area contributed by atoms with E-state index in [9.17, 15) is 24.6 Å². The third kappa shape index (κ3) is 4.96. The van der Waals surface area contributed by atoms with Crippen LogP contribution in [0.3, 0.4) is 0 Å². The van der Waals surface area contributed by atoms with E-state index in [0.29, 0.717) is 6.42 Å². The summed E-state index contributed by atoms with van der Waals surface area (Å²) in [5.41, 5.74) is 5.50. The molecule has 0 saturated carbocycles. The number of benzene rings is 2. The molecule has 0 aliphatic carbocycles. The van der Waals surface area contributed by atoms with Crippen molar-refractivity contribution in [3.05, 3.63) is 71.3 Å². The second kappa shape index (κ2) is 9.41. The predicted molar refractivity (Wildman–Crippen MR) is 110 cm³/mol. The molecular weight excluding hydrogens is 386 g/mol. The van der Waals surface area contributed by atoms with Crippen molar-refractivity contribution in [2.24, 2.45) is 0 Å². The van der Waals surface area contributed by atoms with Gasteiger partial charge in [0.25, 0.3) is 0 Å². The smallest absolute Gasteiger partial charge is 0.335 e. The largest absolute Gasteiger partial charge is 0.480 e. The van der Waals surface area contributed by atoms with E-state index in [1.165, 1.54) is 11.9 Å². The van der Waals surface area contributed by atoms with Crippen LogP contribution >= 0.6 is 0 Å². The molecule has 0 bridgehead atoms. The summed E-state index contributed by atoms with van der Waals surface area (Å²) in [7, 11) is 1.42. The molecule has 3 rings (SSSR count). The summed E-state index contributed by atoms with van der Waals surface area (Å²) in [5.74, 6) is -2.17. The Morgan fingerprint density at radius 2 is 1.70 bits per heavy atom. The molecule has 0 spiro atoms. The van der Waals surface area contributed by atoms with Crippen molar-refractivity contribution < 1.29 is 24.6 Å². The van der Waals surface area contributed by atoms with Crippen LogP contribution in [0.25, 0.3) is 0 Å². The number of rotatable bonds is 7. The number of carbonyl (C=O) groups excluding carboxylic acids is 1. The number of nitrogens with zero attached hydrogens (tertiary/aromatic N) is 2. The fourth-order valence-corrected chi connectivity index (χ4v) is 3.63. The molecule has 0 aromatic heterocycles. The lowest BCUT2D eigenvalue weighted by atomic mass is 9.94. The molecule has 1 aliphatic heterocycles. The Morgan fingerprint density at radius 1 is 1.07 bits per heavy atom. The first kappa shape index (κ1) is 21.3. The zero-order valence-electron chi connectivity index (χ0n) is 16.7. The normalized spacial score (nSPS) is 16.4. The van der Waals surface area contributed by atoms with Gasteiger partial charge in [0.2, 0.25) is 0 Å². The van der Waals surface area contributed by atoms with E-state index < -0.39 is 30.1 Å². The number of fused-ring (bicyclic) bond motifs is 1. The highest BCUT2D eigenvalue weighted by Crippen LogP contribution is 2.24. The monoisotopic (exact) mass is 411 g/mol. The van der Waals surface area contributed by atoms with Crippen LogP contribution in [0.4, 0.5) is 4.79 Å². The molecule has 8 nitrogen and oxygen atoms in total. The van der Waals surface area contributed by atoms with Gasteiger partial charge in [-0.3, -0.25) is 9.80 Å². The number of carbonyl (C=O) groups is 3. The van der Waals surface area contributed by atoms with E-state index in [1.807, 2.05) is 54.6 Å². The van der Waals surface area contributed by atoms with Gasteiger partial charge in [-0.1, -0.05) is 54.6 Å². The molecule has 2 atom stereocenters. The van der Waals surface area contributed by atoms with Gasteiger partial charge in [0.1, 0.15) is 12.1 Å². The fourth-order valence-electron chi connectivity index (χ4n) is 3.63. The quantitative estimate of drug-likeness (QED) is 0.602. The van der Waals surface area contributed by atoms with Crippen LogP contribution in [0, 0.1) is 0 Å². The average Bonchev–Trinajstić information content (AvgIpc) is 2.75. The number of amides is 2. The van der Waals surface area contributed by atoms with Gasteiger partial charge in [-0.25, -0.2) is 15.0 Å². The minimum Gasteiger partial charge on any atom is -0.480 e. The molecule has 1 aliphatic rings. The number of carboxylic acid groups (broad SMARTS) is 2. The molecule has 30 heavy (non-hydrogen) atoms. The fraction of sp³-hybridized carbons (Fsp3) is 0.318. The van der Waals surface area contributed by atoms with E-state index in [4.69, 9.17) is 0 Å². The van der Waals surface area contributed by atoms with Gasteiger partial charge in [-0.15, -0.1) is 0 Å². The van der Waals surface area contributed by atoms with Crippen molar-refractivity contribution in [3.8, 4) is 0 Å². The second-order valence-corrected chi connectivity index (χ2v) is 7.34. The van der Waals surface area contributed by atoms with Gasteiger partial charge in [-0.05, 0) is 29.5 Å². The van der Waals surface area contributed by atoms with Crippen molar-refractivity contribution in [2.45, 2.75) is 37.9 Å². The van der Waals surface area contributed by atoms with Crippen LogP contribution in [0.15, 0.2) is 54.6 Å². The van der Waals surface area contributed by atoms with Crippen LogP contribution in [0.2, 0.25) is 0 Å². The Labute approximate surface area is 174 Å². The first-order chi connectivity index (χ1) is 14.4. The van der Waals surface area contributed by atoms with Crippen molar-refractivity contribution in [1.82, 2.24) is 15.3 Å². The maximum atomic E-state index is 13.0. The lowest BCUT2D eigenvalue weighted by Crippen LogP contribution is -2.58. The Morgan fingerprint density at radius 3 is 2.33 bits per heavy atom. The van der Waals surface area contributed by atoms with E-state index in [1.54, 1.807) is 0 Å². The summed E-state index contributed by atoms with van der Waals surface area (Å²) >= 11 is 0. The minimum atomic E-state index is -1.09. The second-order valence-electron chi connectivity index (χ2n) is 7.34. The number of urea groups is 1. The molecule has 0 fully saturated rings. The number of hydrazine groups is 1. The molecule has 2 aromatic carbocycles. The molecular formula is C22H25N3O5. The minimum absolute atomic E-state index is 0.153. The van der Waals surface area contributed by atoms with Crippen molar-refractivity contribution in [3.63, 3.8) is 0 Å². The van der Waals surface area contributed by atoms with Crippen LogP contribution in [0.1, 0.15) is 23.1 Å². The van der Waals surface area contributed by atoms with Gasteiger partial charge in [0.15, 0.2) is 0 Å². The molecule has 158 valence electrons. The van der Waals surface area contributed by atoms with Gasteiger partial charge >= 0.3 is 18.0 Å². The van der Waals surface area contributed by atoms with E-state index in [-0.39, 0.29) is 19.4 Å². The number of aliphatic carboxylic acids is 2. The number of aryl methyl sites for hydroxylation is 1. The van der Waals surface area contributed by atoms with Gasteiger partial charge in [-0.2, -0.15) is 0 Å². The third-order valence-electron chi connectivity index (χ3n) is 5.28. The maximum absolute atomic E-state index is 13.0. The Balaban J connectivity index is 1.69. The summed E-state index contributed by atoms with van der Waals surface area (Å²) in [5, 5.41) is 20.2. The lowest BCUT2D eigenvalue weighted by molar-refractivity contribution is -0.144. The van der Waals surface area contributed by atoms with E-state index in [0.717, 1.165) is 21.7 Å². The number of carboxylic acids is 2. The number of nitrogens with one attached hydrogen (secondary N) is 1. The van der Waals surface area contributed by atoms with Crippen molar-refractivity contribution >= 4 is 18.0 Å². The molecule has 1 unspecified atom stereocenters. The number of hydrogen-bond donors (Lipinski definition) is 3. The first-order valence-electron chi connectivity index (χ1n) is 9.73. The summed E-state index contributed by atoms with van der Waals surface area (Å²) in [6, 6.07) is 14.3. The molecule has 8 heteroatoms. The summed E-state index contributed by atoms with van der Waals surface area (Å²) in [6.45, 7) is 0.153. The predicted octanol–water partition coefficient (Wildman–Crippen LogP) is 2.14. The van der Waals surface area contributed by atoms with E-state index in [2.05, 4.69) is 5.43 Å². The van der Waals surface area contributed by atoms with Gasteiger partial charge in [0.05, 0.1) is 0 Å². The summed E-state index contributed by atoms with van der Waals surface area (Å²) in [4.78, 5) is 37.7. The third-order valence-corrected chi connectivity index (χ3v) is 5.28. The molecule has 2 aromatic rings. The highest BCUT2D eigenvalue weighted by Gasteiger charge is 2.36. The SMILES string of the molecule is CN(NC(CCc1ccccc1)C(=O)O)C(=O)N1Cc2ccccc2C[C@H]1C(=O)O. The lowest BCUT2D eigenvalue weighted by Gasteiger charge is -2.37. The Hall–Kier alpha value is -3.39. The van der Waals surface area contributed by atoms with Crippen LogP contribution in [0.5, 0.6) is 0 Å². The van der Waals surface area contributed by atoms with Gasteiger partial charge < -0.3 is 15.1 Å². The summed E-state index contributed by atoms with van der Waals surface area (Å²) < 4.78 is 0. The first-order valence-corrected chi connectivity index (χ1v) is 9.73.